The van der Waals surface area contributed by atoms with Gasteiger partial charge in [-0.2, -0.15) is 26.3 Å². The Bertz CT molecular complexity index is 865. The minimum absolute atomic E-state index is 0.0471. The molecule has 0 spiro atoms. The lowest BCUT2D eigenvalue weighted by Gasteiger charge is -2.29. The van der Waals surface area contributed by atoms with Crippen LogP contribution in [0.25, 0.3) is 0 Å². The van der Waals surface area contributed by atoms with Crippen LogP contribution >= 0.6 is 0 Å². The molecule has 0 aromatic heterocycles. The average Bonchev–Trinajstić information content (AvgIpc) is 2.47. The normalized spacial score (nSPS) is 15.6. The van der Waals surface area contributed by atoms with Gasteiger partial charge in [-0.1, -0.05) is 26.8 Å². The molecule has 12 heteroatoms. The van der Waals surface area contributed by atoms with Crippen molar-refractivity contribution in [1.82, 2.24) is 0 Å². The predicted octanol–water partition coefficient (Wildman–Crippen LogP) is 3.94. The van der Waals surface area contributed by atoms with Gasteiger partial charge < -0.3 is 17.2 Å². The fourth-order valence-electron chi connectivity index (χ4n) is 2.66. The van der Waals surface area contributed by atoms with Crippen molar-refractivity contribution in [3.05, 3.63) is 46.4 Å². The van der Waals surface area contributed by atoms with Crippen LogP contribution in [0.2, 0.25) is 0 Å². The number of nitrogens with two attached hydrogens (primary N) is 3. The number of halogens is 7. The van der Waals surface area contributed by atoms with Gasteiger partial charge in [0, 0.05) is 5.70 Å². The molecule has 0 fully saturated rings. The number of allylic oxidation sites excluding steroid dienone is 1. The highest BCUT2D eigenvalue weighted by Crippen LogP contribution is 2.39. The van der Waals surface area contributed by atoms with Gasteiger partial charge in [-0.15, -0.1) is 0 Å². The largest absolute Gasteiger partial charge is 0.419 e. The number of amides is 1. The molecule has 1 aromatic rings. The van der Waals surface area contributed by atoms with Crippen molar-refractivity contribution < 1.29 is 35.5 Å². The Morgan fingerprint density at radius 1 is 1.03 bits per heavy atom. The van der Waals surface area contributed by atoms with Gasteiger partial charge in [0.05, 0.1) is 23.6 Å². The molecule has 0 aliphatic rings. The molecule has 0 bridgehead atoms. The van der Waals surface area contributed by atoms with Crippen molar-refractivity contribution in [3.8, 4) is 0 Å². The number of primary amides is 1. The molecule has 0 heterocycles. The number of aliphatic imine (C=N–C) groups is 1. The molecule has 0 aliphatic carbocycles. The third-order valence-electron chi connectivity index (χ3n) is 3.92. The van der Waals surface area contributed by atoms with E-state index in [-0.39, 0.29) is 5.56 Å². The molecule has 1 aromatic carbocycles. The Morgan fingerprint density at radius 2 is 1.57 bits per heavy atom. The fourth-order valence-corrected chi connectivity index (χ4v) is 2.66. The summed E-state index contributed by atoms with van der Waals surface area (Å²) in [6, 6.07) is 0.938. The number of benzene rings is 1. The van der Waals surface area contributed by atoms with Crippen molar-refractivity contribution in [2.45, 2.75) is 45.6 Å². The van der Waals surface area contributed by atoms with Gasteiger partial charge in [-0.05, 0) is 23.1 Å². The van der Waals surface area contributed by atoms with Crippen molar-refractivity contribution in [2.75, 3.05) is 0 Å². The Balaban J connectivity index is 3.57. The molecular formula is C18H21F7N4O. The second-order valence-electron chi connectivity index (χ2n) is 7.58. The predicted molar refractivity (Wildman–Crippen MR) is 96.3 cm³/mol. The molecule has 1 amide bonds. The van der Waals surface area contributed by atoms with E-state index in [9.17, 15) is 35.5 Å². The minimum atomic E-state index is -4.92. The van der Waals surface area contributed by atoms with Crippen LogP contribution in [0.3, 0.4) is 0 Å². The number of carbonyl (C=O) groups excluding carboxylic acids is 1. The first kappa shape index (κ1) is 25.2. The average molecular weight is 442 g/mol. The van der Waals surface area contributed by atoms with Crippen molar-refractivity contribution >= 4 is 11.7 Å². The van der Waals surface area contributed by atoms with Crippen molar-refractivity contribution in [3.63, 3.8) is 0 Å². The van der Waals surface area contributed by atoms with Gasteiger partial charge >= 0.3 is 12.4 Å². The monoisotopic (exact) mass is 442 g/mol. The van der Waals surface area contributed by atoms with Gasteiger partial charge in [0.1, 0.15) is 11.7 Å². The number of hydrogen-bond acceptors (Lipinski definition) is 3. The van der Waals surface area contributed by atoms with Crippen molar-refractivity contribution in [1.29, 1.82) is 0 Å². The van der Waals surface area contributed by atoms with E-state index >= 15 is 0 Å². The zero-order valence-electron chi connectivity index (χ0n) is 16.2. The van der Waals surface area contributed by atoms with Crippen LogP contribution in [0, 0.1) is 11.2 Å². The third-order valence-corrected chi connectivity index (χ3v) is 3.92. The van der Waals surface area contributed by atoms with Crippen LogP contribution in [0.4, 0.5) is 30.7 Å². The highest BCUT2D eigenvalue weighted by molar-refractivity contribution is 6.20. The third kappa shape index (κ3) is 6.63. The van der Waals surface area contributed by atoms with Gasteiger partial charge in [0.25, 0.3) is 5.91 Å². The number of amidine groups is 1. The molecule has 168 valence electrons. The van der Waals surface area contributed by atoms with E-state index in [0.717, 1.165) is 6.07 Å². The van der Waals surface area contributed by atoms with E-state index in [4.69, 9.17) is 17.2 Å². The molecule has 0 saturated heterocycles. The summed E-state index contributed by atoms with van der Waals surface area (Å²) in [7, 11) is 0. The van der Waals surface area contributed by atoms with Gasteiger partial charge in [-0.3, -0.25) is 9.79 Å². The Labute approximate surface area is 167 Å². The summed E-state index contributed by atoms with van der Waals surface area (Å²) in [6.07, 6.45) is -11.4. The molecular weight excluding hydrogens is 421 g/mol. The first-order valence-electron chi connectivity index (χ1n) is 8.40. The Kier molecular flexibility index (Phi) is 7.17. The van der Waals surface area contributed by atoms with E-state index in [1.807, 2.05) is 0 Å². The first-order chi connectivity index (χ1) is 13.3. The van der Waals surface area contributed by atoms with Crippen LogP contribution in [0.1, 0.15) is 44.4 Å². The maximum absolute atomic E-state index is 14.0. The molecule has 30 heavy (non-hydrogen) atoms. The molecule has 0 aliphatic heterocycles. The zero-order chi connectivity index (χ0) is 23.7. The highest BCUT2D eigenvalue weighted by Gasteiger charge is 2.36. The number of hydrogen-bond donors (Lipinski definition) is 3. The summed E-state index contributed by atoms with van der Waals surface area (Å²) < 4.78 is 90.2. The molecule has 5 nitrogen and oxygen atoms in total. The molecule has 6 N–H and O–H groups in total. The SMILES string of the molecule is CC(C)(C)C(N=C(N)C(C(N)=O)=C(N)CC(F)(F)F)c1ccc(C(F)(F)F)c(F)c1. The van der Waals surface area contributed by atoms with Crippen LogP contribution in [-0.2, 0) is 11.0 Å². The van der Waals surface area contributed by atoms with E-state index in [1.165, 1.54) is 0 Å². The maximum atomic E-state index is 14.0. The first-order valence-corrected chi connectivity index (χ1v) is 8.40. The topological polar surface area (TPSA) is 107 Å². The number of alkyl halides is 6. The lowest BCUT2D eigenvalue weighted by Crippen LogP contribution is -2.32. The second kappa shape index (κ2) is 8.52. The minimum Gasteiger partial charge on any atom is -0.401 e. The van der Waals surface area contributed by atoms with Crippen LogP contribution < -0.4 is 17.2 Å². The molecule has 0 saturated carbocycles. The maximum Gasteiger partial charge on any atom is 0.419 e. The summed E-state index contributed by atoms with van der Waals surface area (Å²) in [4.78, 5) is 15.6. The number of nitrogens with zero attached hydrogens (tertiary/aromatic N) is 1. The summed E-state index contributed by atoms with van der Waals surface area (Å²) in [5.41, 5.74) is 11.8. The van der Waals surface area contributed by atoms with E-state index < -0.39 is 64.6 Å². The van der Waals surface area contributed by atoms with Crippen LogP contribution in [0.5, 0.6) is 0 Å². The smallest absolute Gasteiger partial charge is 0.401 e. The molecule has 1 atom stereocenters. The second-order valence-corrected chi connectivity index (χ2v) is 7.58. The number of rotatable bonds is 5. The van der Waals surface area contributed by atoms with E-state index in [0.29, 0.717) is 12.1 Å². The molecule has 1 rings (SSSR count). The lowest BCUT2D eigenvalue weighted by molar-refractivity contribution is -0.140. The van der Waals surface area contributed by atoms with E-state index in [2.05, 4.69) is 4.99 Å². The van der Waals surface area contributed by atoms with Gasteiger partial charge in [0.15, 0.2) is 0 Å². The zero-order valence-corrected chi connectivity index (χ0v) is 16.2. The lowest BCUT2D eigenvalue weighted by atomic mass is 9.82. The summed E-state index contributed by atoms with van der Waals surface area (Å²) in [6.45, 7) is 4.74. The van der Waals surface area contributed by atoms with Gasteiger partial charge in [0.2, 0.25) is 0 Å². The van der Waals surface area contributed by atoms with E-state index in [1.54, 1.807) is 20.8 Å². The summed E-state index contributed by atoms with van der Waals surface area (Å²) in [5.74, 6) is -3.68. The van der Waals surface area contributed by atoms with Crippen LogP contribution in [0.15, 0.2) is 34.5 Å². The molecule has 1 unspecified atom stereocenters. The quantitative estimate of drug-likeness (QED) is 0.278. The summed E-state index contributed by atoms with van der Waals surface area (Å²) in [5, 5.41) is 0. The van der Waals surface area contributed by atoms with Gasteiger partial charge in [-0.25, -0.2) is 4.39 Å². The standard InChI is InChI=1S/C18H21F7N4O/c1-16(2,3)13(8-4-5-9(10(19)6-8)18(23,24)25)29-14(27)12(15(28)30)11(26)7-17(20,21)22/h4-6,13H,7,26H2,1-3H3,(H2,27,29)(H2,28,30). The Morgan fingerprint density at radius 3 is 1.93 bits per heavy atom. The fraction of sp³-hybridized carbons (Fsp3) is 0.444. The Hall–Kier alpha value is -2.79. The number of carbonyl (C=O) groups is 1. The molecule has 0 radical (unpaired) electrons. The highest BCUT2D eigenvalue weighted by atomic mass is 19.4. The van der Waals surface area contributed by atoms with Crippen molar-refractivity contribution in [2.24, 2.45) is 27.6 Å². The summed E-state index contributed by atoms with van der Waals surface area (Å²) >= 11 is 0. The van der Waals surface area contributed by atoms with Crippen LogP contribution in [-0.4, -0.2) is 17.9 Å².